The van der Waals surface area contributed by atoms with Gasteiger partial charge in [-0.15, -0.1) is 0 Å². The number of hydrogen-bond acceptors (Lipinski definition) is 4. The van der Waals surface area contributed by atoms with E-state index in [0.29, 0.717) is 0 Å². The predicted octanol–water partition coefficient (Wildman–Crippen LogP) is 3.03. The van der Waals surface area contributed by atoms with Crippen LogP contribution in [0.3, 0.4) is 0 Å². The van der Waals surface area contributed by atoms with Gasteiger partial charge in [-0.3, -0.25) is 9.59 Å². The van der Waals surface area contributed by atoms with Gasteiger partial charge in [0.05, 0.1) is 13.2 Å². The first-order chi connectivity index (χ1) is 9.08. The van der Waals surface area contributed by atoms with E-state index in [-0.39, 0.29) is 26.1 Å². The van der Waals surface area contributed by atoms with Crippen LogP contribution in [0.25, 0.3) is 0 Å². The maximum atomic E-state index is 12.2. The summed E-state index contributed by atoms with van der Waals surface area (Å²) in [6.07, 6.45) is 7.76. The molecule has 0 fully saturated rings. The van der Waals surface area contributed by atoms with Gasteiger partial charge in [-0.2, -0.15) is 0 Å². The third-order valence-corrected chi connectivity index (χ3v) is 2.74. The molecule has 4 heteroatoms. The van der Waals surface area contributed by atoms with E-state index >= 15 is 0 Å². The molecule has 0 heterocycles. The van der Waals surface area contributed by atoms with Crippen molar-refractivity contribution in [3.8, 4) is 0 Å². The van der Waals surface area contributed by atoms with E-state index in [9.17, 15) is 9.59 Å². The Morgan fingerprint density at radius 3 is 1.53 bits per heavy atom. The first-order valence-electron chi connectivity index (χ1n) is 6.65. The van der Waals surface area contributed by atoms with Crippen LogP contribution in [0.15, 0.2) is 24.3 Å². The average Bonchev–Trinajstić information content (AvgIpc) is 2.40. The molecule has 0 radical (unpaired) electrons. The molecule has 4 nitrogen and oxygen atoms in total. The lowest BCUT2D eigenvalue weighted by molar-refractivity contribution is -0.171. The second kappa shape index (κ2) is 9.36. The van der Waals surface area contributed by atoms with Crippen LogP contribution in [0, 0.1) is 5.41 Å². The van der Waals surface area contributed by atoms with Crippen LogP contribution in [0.4, 0.5) is 0 Å². The minimum Gasteiger partial charge on any atom is -0.465 e. The lowest BCUT2D eigenvalue weighted by atomic mass is 9.80. The normalized spacial score (nSPS) is 12.0. The minimum absolute atomic E-state index is 0.242. The fourth-order valence-electron chi connectivity index (χ4n) is 1.68. The van der Waals surface area contributed by atoms with Crippen molar-refractivity contribution in [2.45, 2.75) is 40.5 Å². The Bertz CT molecular complexity index is 308. The van der Waals surface area contributed by atoms with Gasteiger partial charge in [0, 0.05) is 0 Å². The van der Waals surface area contributed by atoms with Crippen LogP contribution in [0.2, 0.25) is 0 Å². The van der Waals surface area contributed by atoms with E-state index < -0.39 is 17.4 Å². The molecular weight excluding hydrogens is 244 g/mol. The van der Waals surface area contributed by atoms with Crippen LogP contribution in [-0.4, -0.2) is 25.2 Å². The van der Waals surface area contributed by atoms with Crippen molar-refractivity contribution < 1.29 is 19.1 Å². The van der Waals surface area contributed by atoms with Crippen molar-refractivity contribution in [1.82, 2.24) is 0 Å². The fourth-order valence-corrected chi connectivity index (χ4v) is 1.68. The standard InChI is InChI=1S/C15H24O4/c1-5-9-11-15(12-10-6-2,13(16)18-7-3)14(17)19-8-4/h5-6,9-10H,7-8,11-12H2,1-4H3. The Balaban J connectivity index is 5.40. The third-order valence-electron chi connectivity index (χ3n) is 2.74. The maximum Gasteiger partial charge on any atom is 0.324 e. The van der Waals surface area contributed by atoms with Crippen molar-refractivity contribution in [3.05, 3.63) is 24.3 Å². The Kier molecular flexibility index (Phi) is 8.58. The lowest BCUT2D eigenvalue weighted by Crippen LogP contribution is -2.41. The summed E-state index contributed by atoms with van der Waals surface area (Å²) in [5, 5.41) is 0. The first-order valence-corrected chi connectivity index (χ1v) is 6.65. The summed E-state index contributed by atoms with van der Waals surface area (Å²) in [6, 6.07) is 0. The Morgan fingerprint density at radius 1 is 0.895 bits per heavy atom. The molecular formula is C15H24O4. The summed E-state index contributed by atoms with van der Waals surface area (Å²) in [6.45, 7) is 7.61. The van der Waals surface area contributed by atoms with Crippen LogP contribution in [0.1, 0.15) is 40.5 Å². The zero-order valence-electron chi connectivity index (χ0n) is 12.3. The summed E-state index contributed by atoms with van der Waals surface area (Å²) >= 11 is 0. The highest BCUT2D eigenvalue weighted by Crippen LogP contribution is 2.32. The van der Waals surface area contributed by atoms with E-state index in [1.54, 1.807) is 26.0 Å². The zero-order valence-corrected chi connectivity index (χ0v) is 12.3. The van der Waals surface area contributed by atoms with Crippen LogP contribution in [0.5, 0.6) is 0 Å². The SMILES string of the molecule is CC=CCC(CC=CC)(C(=O)OCC)C(=O)OCC. The second-order valence-electron chi connectivity index (χ2n) is 4.07. The van der Waals surface area contributed by atoms with Crippen molar-refractivity contribution in [3.63, 3.8) is 0 Å². The molecule has 0 aromatic heterocycles. The molecule has 0 saturated heterocycles. The molecule has 0 rings (SSSR count). The average molecular weight is 268 g/mol. The van der Waals surface area contributed by atoms with Gasteiger partial charge in [0.25, 0.3) is 0 Å². The Labute approximate surface area is 115 Å². The molecule has 0 aliphatic carbocycles. The monoisotopic (exact) mass is 268 g/mol. The minimum atomic E-state index is -1.27. The van der Waals surface area contributed by atoms with Gasteiger partial charge in [0.2, 0.25) is 0 Å². The highest BCUT2D eigenvalue weighted by molar-refractivity contribution is 6.00. The topological polar surface area (TPSA) is 52.6 Å². The van der Waals surface area contributed by atoms with E-state index in [0.717, 1.165) is 0 Å². The van der Waals surface area contributed by atoms with Gasteiger partial charge in [0.1, 0.15) is 0 Å². The quantitative estimate of drug-likeness (QED) is 0.386. The van der Waals surface area contributed by atoms with Gasteiger partial charge in [-0.1, -0.05) is 24.3 Å². The second-order valence-corrected chi connectivity index (χ2v) is 4.07. The van der Waals surface area contributed by atoms with E-state index in [1.807, 2.05) is 26.0 Å². The predicted molar refractivity (Wildman–Crippen MR) is 74.6 cm³/mol. The summed E-state index contributed by atoms with van der Waals surface area (Å²) in [4.78, 5) is 24.4. The molecule has 0 amide bonds. The van der Waals surface area contributed by atoms with E-state index in [4.69, 9.17) is 9.47 Å². The molecule has 0 N–H and O–H groups in total. The Morgan fingerprint density at radius 2 is 1.26 bits per heavy atom. The van der Waals surface area contributed by atoms with Gasteiger partial charge in [-0.05, 0) is 40.5 Å². The van der Waals surface area contributed by atoms with Crippen molar-refractivity contribution >= 4 is 11.9 Å². The number of esters is 2. The number of carbonyl (C=O) groups is 2. The largest absolute Gasteiger partial charge is 0.465 e. The van der Waals surface area contributed by atoms with Gasteiger partial charge < -0.3 is 9.47 Å². The molecule has 0 unspecified atom stereocenters. The smallest absolute Gasteiger partial charge is 0.324 e. The van der Waals surface area contributed by atoms with Crippen LogP contribution < -0.4 is 0 Å². The highest BCUT2D eigenvalue weighted by Gasteiger charge is 2.46. The highest BCUT2D eigenvalue weighted by atomic mass is 16.6. The van der Waals surface area contributed by atoms with Crippen LogP contribution in [-0.2, 0) is 19.1 Å². The molecule has 0 saturated carbocycles. The molecule has 0 aromatic rings. The van der Waals surface area contributed by atoms with E-state index in [2.05, 4.69) is 0 Å². The van der Waals surface area contributed by atoms with Gasteiger partial charge >= 0.3 is 11.9 Å². The molecule has 108 valence electrons. The molecule has 0 spiro atoms. The third kappa shape index (κ3) is 4.89. The summed E-state index contributed by atoms with van der Waals surface area (Å²) < 4.78 is 10.1. The van der Waals surface area contributed by atoms with Crippen molar-refractivity contribution in [2.75, 3.05) is 13.2 Å². The summed E-state index contributed by atoms with van der Waals surface area (Å²) in [5.74, 6) is -1.05. The maximum absolute atomic E-state index is 12.2. The number of ether oxygens (including phenoxy) is 2. The summed E-state index contributed by atoms with van der Waals surface area (Å²) in [5.41, 5.74) is -1.27. The number of rotatable bonds is 8. The zero-order chi connectivity index (χ0) is 14.7. The lowest BCUT2D eigenvalue weighted by Gasteiger charge is -2.27. The molecule has 0 atom stereocenters. The van der Waals surface area contributed by atoms with Gasteiger partial charge in [0.15, 0.2) is 5.41 Å². The first kappa shape index (κ1) is 17.4. The Hall–Kier alpha value is -1.58. The molecule has 19 heavy (non-hydrogen) atoms. The molecule has 0 aliphatic heterocycles. The molecule has 0 aromatic carbocycles. The van der Waals surface area contributed by atoms with E-state index in [1.165, 1.54) is 0 Å². The van der Waals surface area contributed by atoms with Crippen molar-refractivity contribution in [1.29, 1.82) is 0 Å². The number of allylic oxidation sites excluding steroid dienone is 4. The summed E-state index contributed by atoms with van der Waals surface area (Å²) in [7, 11) is 0. The molecule has 0 bridgehead atoms. The van der Waals surface area contributed by atoms with Gasteiger partial charge in [-0.25, -0.2) is 0 Å². The molecule has 0 aliphatic rings. The van der Waals surface area contributed by atoms with Crippen molar-refractivity contribution in [2.24, 2.45) is 5.41 Å². The number of hydrogen-bond donors (Lipinski definition) is 0. The van der Waals surface area contributed by atoms with Crippen LogP contribution >= 0.6 is 0 Å². The number of carbonyl (C=O) groups excluding carboxylic acids is 2. The fraction of sp³-hybridized carbons (Fsp3) is 0.600.